The van der Waals surface area contributed by atoms with E-state index in [1.165, 1.54) is 10.7 Å². The van der Waals surface area contributed by atoms with Gasteiger partial charge in [-0.15, -0.1) is 0 Å². The van der Waals surface area contributed by atoms with Gasteiger partial charge in [0.15, 0.2) is 5.69 Å². The van der Waals surface area contributed by atoms with E-state index in [-0.39, 0.29) is 11.4 Å². The Morgan fingerprint density at radius 2 is 2.00 bits per heavy atom. The van der Waals surface area contributed by atoms with Gasteiger partial charge in [-0.2, -0.15) is 5.10 Å². The van der Waals surface area contributed by atoms with Crippen LogP contribution in [0.25, 0.3) is 0 Å². The van der Waals surface area contributed by atoms with Gasteiger partial charge >= 0.3 is 0 Å². The molecule has 1 amide bonds. The average Bonchev–Trinajstić information content (AvgIpc) is 2.62. The van der Waals surface area contributed by atoms with Crippen LogP contribution < -0.4 is 5.32 Å². The number of anilines is 1. The topological polar surface area (TPSA) is 46.9 Å². The first-order valence-electron chi connectivity index (χ1n) is 5.03. The Morgan fingerprint density at radius 1 is 1.32 bits per heavy atom. The lowest BCUT2D eigenvalue weighted by Gasteiger charge is -2.08. The molecule has 0 saturated heterocycles. The number of hydrogen-bond donors (Lipinski definition) is 1. The van der Waals surface area contributed by atoms with Crippen LogP contribution in [0.3, 0.4) is 0 Å². The maximum atomic E-state index is 13.8. The number of halogens is 4. The highest BCUT2D eigenvalue weighted by molar-refractivity contribution is 9.11. The Balaban J connectivity index is 2.32. The molecule has 1 heterocycles. The van der Waals surface area contributed by atoms with Crippen LogP contribution in [0.1, 0.15) is 10.5 Å². The van der Waals surface area contributed by atoms with Crippen molar-refractivity contribution < 1.29 is 9.18 Å². The summed E-state index contributed by atoms with van der Waals surface area (Å²) in [5, 5.41) is 6.48. The molecule has 1 aromatic carbocycles. The molecule has 0 spiro atoms. The van der Waals surface area contributed by atoms with Crippen molar-refractivity contribution in [2.24, 2.45) is 7.05 Å². The molecule has 0 atom stereocenters. The molecule has 4 nitrogen and oxygen atoms in total. The van der Waals surface area contributed by atoms with Gasteiger partial charge in [-0.05, 0) is 44.0 Å². The van der Waals surface area contributed by atoms with E-state index in [1.54, 1.807) is 19.3 Å². The molecule has 0 fully saturated rings. The van der Waals surface area contributed by atoms with Gasteiger partial charge in [-0.25, -0.2) is 4.39 Å². The Labute approximate surface area is 133 Å². The van der Waals surface area contributed by atoms with Gasteiger partial charge in [-0.1, -0.05) is 15.9 Å². The summed E-state index contributed by atoms with van der Waals surface area (Å²) in [6.07, 6.45) is 1.64. The third-order valence-corrected chi connectivity index (χ3v) is 3.91. The highest BCUT2D eigenvalue weighted by atomic mass is 79.9. The van der Waals surface area contributed by atoms with Gasteiger partial charge in [0.05, 0.1) is 10.2 Å². The fourth-order valence-corrected chi connectivity index (χ4v) is 3.28. The van der Waals surface area contributed by atoms with E-state index in [9.17, 15) is 9.18 Å². The number of carbonyl (C=O) groups excluding carboxylic acids is 1. The van der Waals surface area contributed by atoms with Crippen molar-refractivity contribution in [1.82, 2.24) is 9.78 Å². The van der Waals surface area contributed by atoms with Gasteiger partial charge in [0, 0.05) is 22.2 Å². The summed E-state index contributed by atoms with van der Waals surface area (Å²) in [6, 6.07) is 2.92. The number of nitrogens with one attached hydrogen (secondary N) is 1. The number of hydrogen-bond acceptors (Lipinski definition) is 2. The second-order valence-electron chi connectivity index (χ2n) is 3.70. The highest BCUT2D eigenvalue weighted by Gasteiger charge is 2.18. The van der Waals surface area contributed by atoms with E-state index >= 15 is 0 Å². The molecule has 1 aromatic heterocycles. The zero-order valence-electron chi connectivity index (χ0n) is 9.55. The summed E-state index contributed by atoms with van der Waals surface area (Å²) in [4.78, 5) is 12.0. The Bertz CT molecular complexity index is 634. The Kier molecular flexibility index (Phi) is 4.42. The van der Waals surface area contributed by atoms with Crippen LogP contribution in [0.4, 0.5) is 10.1 Å². The summed E-state index contributed by atoms with van der Waals surface area (Å²) in [6.45, 7) is 0. The minimum atomic E-state index is -0.540. The number of nitrogens with zero attached hydrogens (tertiary/aromatic N) is 2. The molecule has 2 rings (SSSR count). The molecule has 0 saturated carbocycles. The van der Waals surface area contributed by atoms with Gasteiger partial charge in [-0.3, -0.25) is 9.48 Å². The number of benzene rings is 1. The standard InChI is InChI=1S/C11H7Br3FN3O/c1-18-4-7(14)10(17-18)11(19)16-9-6(13)2-5(12)3-8(9)15/h2-4H,1H3,(H,16,19). The van der Waals surface area contributed by atoms with Gasteiger partial charge in [0.1, 0.15) is 5.82 Å². The molecule has 8 heteroatoms. The van der Waals surface area contributed by atoms with Crippen LogP contribution in [0.15, 0.2) is 31.7 Å². The lowest BCUT2D eigenvalue weighted by Crippen LogP contribution is -2.15. The van der Waals surface area contributed by atoms with Gasteiger partial charge in [0.2, 0.25) is 0 Å². The minimum absolute atomic E-state index is 0.0748. The summed E-state index contributed by atoms with van der Waals surface area (Å²) < 4.78 is 16.8. The third kappa shape index (κ3) is 3.24. The molecule has 2 aromatic rings. The fourth-order valence-electron chi connectivity index (χ4n) is 1.45. The molecule has 0 radical (unpaired) electrons. The molecular weight excluding hydrogens is 449 g/mol. The lowest BCUT2D eigenvalue weighted by molar-refractivity contribution is 0.102. The van der Waals surface area contributed by atoms with Gasteiger partial charge < -0.3 is 5.32 Å². The van der Waals surface area contributed by atoms with Crippen molar-refractivity contribution in [1.29, 1.82) is 0 Å². The lowest BCUT2D eigenvalue weighted by atomic mass is 10.3. The van der Waals surface area contributed by atoms with Crippen molar-refractivity contribution in [3.63, 3.8) is 0 Å². The normalized spacial score (nSPS) is 10.6. The Hall–Kier alpha value is -0.730. The SMILES string of the molecule is Cn1cc(Br)c(C(=O)Nc2c(F)cc(Br)cc2Br)n1. The molecule has 0 unspecified atom stereocenters. The number of carbonyl (C=O) groups is 1. The van der Waals surface area contributed by atoms with E-state index in [0.717, 1.165) is 0 Å². The molecule has 1 N–H and O–H groups in total. The number of aromatic nitrogens is 2. The van der Waals surface area contributed by atoms with E-state index < -0.39 is 11.7 Å². The van der Waals surface area contributed by atoms with Crippen molar-refractivity contribution >= 4 is 59.4 Å². The molecule has 0 aliphatic heterocycles. The van der Waals surface area contributed by atoms with E-state index in [4.69, 9.17) is 0 Å². The Morgan fingerprint density at radius 3 is 2.53 bits per heavy atom. The monoisotopic (exact) mass is 453 g/mol. The number of rotatable bonds is 2. The molecule has 0 aliphatic carbocycles. The fraction of sp³-hybridized carbons (Fsp3) is 0.0909. The van der Waals surface area contributed by atoms with Crippen LogP contribution >= 0.6 is 47.8 Å². The molecule has 0 bridgehead atoms. The summed E-state index contributed by atoms with van der Waals surface area (Å²) >= 11 is 9.59. The van der Waals surface area contributed by atoms with Crippen LogP contribution in [0, 0.1) is 5.82 Å². The number of amides is 1. The number of aryl methyl sites for hydroxylation is 1. The smallest absolute Gasteiger partial charge is 0.277 e. The second kappa shape index (κ2) is 5.72. The van der Waals surface area contributed by atoms with Crippen molar-refractivity contribution in [2.75, 3.05) is 5.32 Å². The molecule has 19 heavy (non-hydrogen) atoms. The molecular formula is C11H7Br3FN3O. The average molecular weight is 456 g/mol. The minimum Gasteiger partial charge on any atom is -0.317 e. The first-order valence-corrected chi connectivity index (χ1v) is 7.41. The van der Waals surface area contributed by atoms with Crippen molar-refractivity contribution in [2.45, 2.75) is 0 Å². The van der Waals surface area contributed by atoms with Crippen molar-refractivity contribution in [3.8, 4) is 0 Å². The van der Waals surface area contributed by atoms with E-state index in [0.29, 0.717) is 13.4 Å². The predicted molar refractivity (Wildman–Crippen MR) is 80.7 cm³/mol. The second-order valence-corrected chi connectivity index (χ2v) is 6.32. The quantitative estimate of drug-likeness (QED) is 0.741. The third-order valence-electron chi connectivity index (χ3n) is 2.24. The first kappa shape index (κ1) is 14.7. The van der Waals surface area contributed by atoms with E-state index in [1.807, 2.05) is 0 Å². The van der Waals surface area contributed by atoms with Crippen LogP contribution in [-0.4, -0.2) is 15.7 Å². The first-order chi connectivity index (χ1) is 8.88. The summed E-state index contributed by atoms with van der Waals surface area (Å²) in [5.41, 5.74) is 0.266. The highest BCUT2D eigenvalue weighted by Crippen LogP contribution is 2.30. The predicted octanol–water partition coefficient (Wildman–Crippen LogP) is 4.10. The van der Waals surface area contributed by atoms with Crippen molar-refractivity contribution in [3.05, 3.63) is 43.3 Å². The molecule has 100 valence electrons. The zero-order chi connectivity index (χ0) is 14.2. The van der Waals surface area contributed by atoms with Crippen LogP contribution in [-0.2, 0) is 7.05 Å². The summed E-state index contributed by atoms with van der Waals surface area (Å²) in [7, 11) is 1.69. The molecule has 0 aliphatic rings. The largest absolute Gasteiger partial charge is 0.317 e. The maximum Gasteiger partial charge on any atom is 0.277 e. The van der Waals surface area contributed by atoms with Crippen LogP contribution in [0.2, 0.25) is 0 Å². The zero-order valence-corrected chi connectivity index (χ0v) is 14.3. The maximum absolute atomic E-state index is 13.8. The summed E-state index contributed by atoms with van der Waals surface area (Å²) in [5.74, 6) is -1.03. The van der Waals surface area contributed by atoms with Crippen LogP contribution in [0.5, 0.6) is 0 Å². The van der Waals surface area contributed by atoms with E-state index in [2.05, 4.69) is 58.2 Å². The van der Waals surface area contributed by atoms with Gasteiger partial charge in [0.25, 0.3) is 5.91 Å².